The Hall–Kier alpha value is -1.51. The fourth-order valence-electron chi connectivity index (χ4n) is 1.59. The molecule has 0 aliphatic carbocycles. The third-order valence-corrected chi connectivity index (χ3v) is 2.77. The maximum atomic E-state index is 10.2. The number of aliphatic hydroxyl groups excluding tert-OH is 1. The Morgan fingerprint density at radius 2 is 1.75 bits per heavy atom. The quantitative estimate of drug-likeness (QED) is 0.784. The molecule has 2 rings (SSSR count). The van der Waals surface area contributed by atoms with Gasteiger partial charge in [-0.25, -0.2) is 0 Å². The maximum Gasteiger partial charge on any atom is 0.106 e. The Morgan fingerprint density at radius 3 is 2.44 bits per heavy atom. The summed E-state index contributed by atoms with van der Waals surface area (Å²) in [6, 6.07) is 14.4. The molecule has 16 heavy (non-hydrogen) atoms. The predicted molar refractivity (Wildman–Crippen MR) is 66.4 cm³/mol. The van der Waals surface area contributed by atoms with Crippen LogP contribution in [0.25, 0.3) is 0 Å². The Morgan fingerprint density at radius 1 is 1.06 bits per heavy atom. The highest BCUT2D eigenvalue weighted by Gasteiger charge is 2.13. The molecule has 0 aromatic heterocycles. The van der Waals surface area contributed by atoms with Crippen molar-refractivity contribution < 1.29 is 5.11 Å². The standard InChI is InChI=1S/C13H12ClNO/c14-12-7-6-10(15)8-11(12)13(16)9-4-2-1-3-5-9/h1-8,13,16H,15H2/t13-/m1/s1. The Kier molecular flexibility index (Phi) is 3.13. The van der Waals surface area contributed by atoms with Crippen molar-refractivity contribution in [1.82, 2.24) is 0 Å². The first-order chi connectivity index (χ1) is 7.68. The van der Waals surface area contributed by atoms with Crippen molar-refractivity contribution in [2.24, 2.45) is 0 Å². The van der Waals surface area contributed by atoms with Gasteiger partial charge in [-0.3, -0.25) is 0 Å². The zero-order valence-corrected chi connectivity index (χ0v) is 9.35. The van der Waals surface area contributed by atoms with Gasteiger partial charge in [-0.1, -0.05) is 41.9 Å². The first-order valence-corrected chi connectivity index (χ1v) is 5.34. The third-order valence-electron chi connectivity index (χ3n) is 2.43. The maximum absolute atomic E-state index is 10.2. The van der Waals surface area contributed by atoms with Crippen molar-refractivity contribution in [2.45, 2.75) is 6.10 Å². The summed E-state index contributed by atoms with van der Waals surface area (Å²) in [5.74, 6) is 0. The minimum atomic E-state index is -0.739. The summed E-state index contributed by atoms with van der Waals surface area (Å²) < 4.78 is 0. The van der Waals surface area contributed by atoms with E-state index in [0.29, 0.717) is 16.3 Å². The van der Waals surface area contributed by atoms with Gasteiger partial charge in [0.1, 0.15) is 6.10 Å². The van der Waals surface area contributed by atoms with Gasteiger partial charge in [0, 0.05) is 16.3 Å². The number of hydrogen-bond donors (Lipinski definition) is 2. The first kappa shape index (κ1) is 11.0. The number of nitrogen functional groups attached to an aromatic ring is 1. The number of benzene rings is 2. The van der Waals surface area contributed by atoms with Gasteiger partial charge < -0.3 is 10.8 Å². The Bertz CT molecular complexity index is 485. The molecule has 0 heterocycles. The summed E-state index contributed by atoms with van der Waals surface area (Å²) in [4.78, 5) is 0. The largest absolute Gasteiger partial charge is 0.399 e. The van der Waals surface area contributed by atoms with Crippen LogP contribution in [0.2, 0.25) is 5.02 Å². The van der Waals surface area contributed by atoms with E-state index in [9.17, 15) is 5.11 Å². The van der Waals surface area contributed by atoms with Crippen LogP contribution in [0, 0.1) is 0 Å². The topological polar surface area (TPSA) is 46.2 Å². The van der Waals surface area contributed by atoms with Gasteiger partial charge in [-0.2, -0.15) is 0 Å². The van der Waals surface area contributed by atoms with Crippen LogP contribution in [0.4, 0.5) is 5.69 Å². The molecule has 0 radical (unpaired) electrons. The van der Waals surface area contributed by atoms with Gasteiger partial charge in [0.05, 0.1) is 0 Å². The molecule has 0 saturated heterocycles. The minimum Gasteiger partial charge on any atom is -0.399 e. The van der Waals surface area contributed by atoms with E-state index in [2.05, 4.69) is 0 Å². The van der Waals surface area contributed by atoms with Crippen molar-refractivity contribution in [1.29, 1.82) is 0 Å². The second kappa shape index (κ2) is 4.56. The average Bonchev–Trinajstić information content (AvgIpc) is 2.32. The molecule has 3 N–H and O–H groups in total. The zero-order valence-electron chi connectivity index (χ0n) is 8.60. The Labute approximate surface area is 99.3 Å². The van der Waals surface area contributed by atoms with E-state index in [0.717, 1.165) is 5.56 Å². The lowest BCUT2D eigenvalue weighted by Crippen LogP contribution is -2.01. The summed E-state index contributed by atoms with van der Waals surface area (Å²) >= 11 is 6.03. The van der Waals surface area contributed by atoms with Crippen LogP contribution in [0.3, 0.4) is 0 Å². The summed E-state index contributed by atoms with van der Waals surface area (Å²) in [7, 11) is 0. The van der Waals surface area contributed by atoms with Gasteiger partial charge in [-0.15, -0.1) is 0 Å². The number of anilines is 1. The molecule has 82 valence electrons. The van der Waals surface area contributed by atoms with Gasteiger partial charge >= 0.3 is 0 Å². The van der Waals surface area contributed by atoms with Crippen molar-refractivity contribution in [3.8, 4) is 0 Å². The van der Waals surface area contributed by atoms with Crippen LogP contribution < -0.4 is 5.73 Å². The normalized spacial score (nSPS) is 12.4. The van der Waals surface area contributed by atoms with Crippen LogP contribution in [-0.2, 0) is 0 Å². The van der Waals surface area contributed by atoms with E-state index in [4.69, 9.17) is 17.3 Å². The van der Waals surface area contributed by atoms with E-state index < -0.39 is 6.10 Å². The van der Waals surface area contributed by atoms with Crippen molar-refractivity contribution in [2.75, 3.05) is 5.73 Å². The molecule has 0 saturated carbocycles. The third kappa shape index (κ3) is 2.18. The fraction of sp³-hybridized carbons (Fsp3) is 0.0769. The first-order valence-electron chi connectivity index (χ1n) is 4.96. The molecular formula is C13H12ClNO. The molecule has 3 heteroatoms. The molecule has 1 atom stereocenters. The monoisotopic (exact) mass is 233 g/mol. The number of aliphatic hydroxyl groups is 1. The van der Waals surface area contributed by atoms with Crippen LogP contribution in [0.15, 0.2) is 48.5 Å². The van der Waals surface area contributed by atoms with E-state index in [1.165, 1.54) is 0 Å². The second-order valence-electron chi connectivity index (χ2n) is 3.59. The summed E-state index contributed by atoms with van der Waals surface area (Å²) in [6.45, 7) is 0. The van der Waals surface area contributed by atoms with Crippen LogP contribution in [-0.4, -0.2) is 5.11 Å². The van der Waals surface area contributed by atoms with Crippen LogP contribution in [0.1, 0.15) is 17.2 Å². The lowest BCUT2D eigenvalue weighted by molar-refractivity contribution is 0.220. The van der Waals surface area contributed by atoms with Crippen molar-refractivity contribution in [3.05, 3.63) is 64.7 Å². The molecule has 0 aliphatic rings. The highest BCUT2D eigenvalue weighted by atomic mass is 35.5. The SMILES string of the molecule is Nc1ccc(Cl)c([C@H](O)c2ccccc2)c1. The smallest absolute Gasteiger partial charge is 0.106 e. The lowest BCUT2D eigenvalue weighted by atomic mass is 10.0. The van der Waals surface area contributed by atoms with Gasteiger partial charge in [0.15, 0.2) is 0 Å². The van der Waals surface area contributed by atoms with Crippen LogP contribution in [0.5, 0.6) is 0 Å². The summed E-state index contributed by atoms with van der Waals surface area (Å²) in [5, 5.41) is 10.7. The molecule has 0 fully saturated rings. The van der Waals surface area contributed by atoms with Gasteiger partial charge in [-0.05, 0) is 23.8 Å². The lowest BCUT2D eigenvalue weighted by Gasteiger charge is -2.13. The van der Waals surface area contributed by atoms with Crippen LogP contribution >= 0.6 is 11.6 Å². The molecule has 0 bridgehead atoms. The molecule has 2 aromatic rings. The summed E-state index contributed by atoms with van der Waals surface area (Å²) in [5.41, 5.74) is 7.70. The second-order valence-corrected chi connectivity index (χ2v) is 4.00. The van der Waals surface area contributed by atoms with E-state index >= 15 is 0 Å². The fourth-order valence-corrected chi connectivity index (χ4v) is 1.81. The molecular weight excluding hydrogens is 222 g/mol. The van der Waals surface area contributed by atoms with E-state index in [1.807, 2.05) is 30.3 Å². The van der Waals surface area contributed by atoms with Crippen molar-refractivity contribution in [3.63, 3.8) is 0 Å². The molecule has 0 spiro atoms. The highest BCUT2D eigenvalue weighted by Crippen LogP contribution is 2.29. The molecule has 0 unspecified atom stereocenters. The highest BCUT2D eigenvalue weighted by molar-refractivity contribution is 6.31. The predicted octanol–water partition coefficient (Wildman–Crippen LogP) is 3.00. The van der Waals surface area contributed by atoms with Gasteiger partial charge in [0.2, 0.25) is 0 Å². The van der Waals surface area contributed by atoms with Crippen molar-refractivity contribution >= 4 is 17.3 Å². The number of nitrogens with two attached hydrogens (primary N) is 1. The number of hydrogen-bond acceptors (Lipinski definition) is 2. The molecule has 0 amide bonds. The number of halogens is 1. The Balaban J connectivity index is 2.41. The van der Waals surface area contributed by atoms with E-state index in [-0.39, 0.29) is 0 Å². The molecule has 2 nitrogen and oxygen atoms in total. The number of rotatable bonds is 2. The van der Waals surface area contributed by atoms with Gasteiger partial charge in [0.25, 0.3) is 0 Å². The van der Waals surface area contributed by atoms with E-state index in [1.54, 1.807) is 18.2 Å². The summed E-state index contributed by atoms with van der Waals surface area (Å²) in [6.07, 6.45) is -0.739. The molecule has 2 aromatic carbocycles. The average molecular weight is 234 g/mol. The molecule has 0 aliphatic heterocycles. The minimum absolute atomic E-state index is 0.519. The zero-order chi connectivity index (χ0) is 11.5.